The van der Waals surface area contributed by atoms with E-state index in [1.54, 1.807) is 25.3 Å². The van der Waals surface area contributed by atoms with Crippen LogP contribution in [0.5, 0.6) is 5.75 Å². The van der Waals surface area contributed by atoms with Crippen LogP contribution in [-0.4, -0.2) is 12.1 Å². The monoisotopic (exact) mass is 309 g/mol. The summed E-state index contributed by atoms with van der Waals surface area (Å²) in [6.45, 7) is 0. The predicted octanol–water partition coefficient (Wildman–Crippen LogP) is 3.53. The molecule has 0 saturated carbocycles. The first-order valence-corrected chi connectivity index (χ1v) is 6.36. The highest BCUT2D eigenvalue weighted by atomic mass is 79.9. The van der Waals surface area contributed by atoms with Gasteiger partial charge in [0.25, 0.3) is 0 Å². The first-order valence-electron chi connectivity index (χ1n) is 4.69. The van der Waals surface area contributed by atoms with E-state index in [0.717, 1.165) is 15.4 Å². The summed E-state index contributed by atoms with van der Waals surface area (Å²) in [5, 5.41) is 14.6. The summed E-state index contributed by atoms with van der Waals surface area (Å²) in [5.74, 6) is 0.621. The Morgan fingerprint density at radius 2 is 2.35 bits per heavy atom. The molecule has 1 heterocycles. The van der Waals surface area contributed by atoms with Crippen LogP contribution in [0.1, 0.15) is 5.56 Å². The van der Waals surface area contributed by atoms with E-state index in [4.69, 9.17) is 10.00 Å². The number of aromatic nitrogens is 1. The first kappa shape index (κ1) is 11.9. The molecule has 4 nitrogen and oxygen atoms in total. The lowest BCUT2D eigenvalue weighted by molar-refractivity contribution is 0.416. The Kier molecular flexibility index (Phi) is 3.61. The third-order valence-electron chi connectivity index (χ3n) is 2.05. The smallest absolute Gasteiger partial charge is 0.188 e. The van der Waals surface area contributed by atoms with Crippen LogP contribution in [0.25, 0.3) is 0 Å². The molecule has 1 N–H and O–H groups in total. The average molecular weight is 310 g/mol. The van der Waals surface area contributed by atoms with Gasteiger partial charge in [0.1, 0.15) is 10.4 Å². The predicted molar refractivity (Wildman–Crippen MR) is 70.8 cm³/mol. The number of benzene rings is 1. The zero-order chi connectivity index (χ0) is 12.3. The van der Waals surface area contributed by atoms with Crippen molar-refractivity contribution in [3.05, 3.63) is 33.7 Å². The lowest BCUT2D eigenvalue weighted by Crippen LogP contribution is -1.94. The minimum Gasteiger partial charge on any atom is -0.495 e. The lowest BCUT2D eigenvalue weighted by Gasteiger charge is -2.08. The number of halogens is 1. The van der Waals surface area contributed by atoms with Gasteiger partial charge in [0.15, 0.2) is 5.13 Å². The molecule has 0 spiro atoms. The fourth-order valence-electron chi connectivity index (χ4n) is 1.29. The molecule has 2 aromatic rings. The van der Waals surface area contributed by atoms with Crippen molar-refractivity contribution < 1.29 is 4.74 Å². The van der Waals surface area contributed by atoms with Gasteiger partial charge in [0, 0.05) is 11.4 Å². The van der Waals surface area contributed by atoms with Crippen molar-refractivity contribution in [2.75, 3.05) is 12.4 Å². The number of ether oxygens (including phenoxy) is 1. The van der Waals surface area contributed by atoms with Crippen LogP contribution < -0.4 is 10.1 Å². The Labute approximate surface area is 111 Å². The van der Waals surface area contributed by atoms with Crippen molar-refractivity contribution in [2.45, 2.75) is 0 Å². The maximum absolute atomic E-state index is 8.80. The maximum atomic E-state index is 8.80. The molecule has 0 saturated heterocycles. The van der Waals surface area contributed by atoms with Crippen molar-refractivity contribution in [2.24, 2.45) is 0 Å². The van der Waals surface area contributed by atoms with Crippen LogP contribution in [0, 0.1) is 11.3 Å². The molecule has 2 rings (SSSR count). The van der Waals surface area contributed by atoms with E-state index in [0.29, 0.717) is 11.3 Å². The molecule has 6 heteroatoms. The number of hydrogen-bond donors (Lipinski definition) is 1. The average Bonchev–Trinajstić information content (AvgIpc) is 2.75. The third-order valence-corrected chi connectivity index (χ3v) is 3.52. The molecule has 0 radical (unpaired) electrons. The van der Waals surface area contributed by atoms with Gasteiger partial charge in [-0.25, -0.2) is 4.98 Å². The largest absolute Gasteiger partial charge is 0.495 e. The number of hydrogen-bond acceptors (Lipinski definition) is 5. The number of thiazole rings is 1. The van der Waals surface area contributed by atoms with E-state index < -0.39 is 0 Å². The number of nitriles is 1. The second kappa shape index (κ2) is 5.17. The molecular formula is C11H8BrN3OS. The van der Waals surface area contributed by atoms with Crippen LogP contribution in [0.3, 0.4) is 0 Å². The number of anilines is 2. The van der Waals surface area contributed by atoms with Gasteiger partial charge in [-0.3, -0.25) is 0 Å². The van der Waals surface area contributed by atoms with E-state index in [1.807, 2.05) is 5.38 Å². The fraction of sp³-hybridized carbons (Fsp3) is 0.0909. The molecule has 17 heavy (non-hydrogen) atoms. The molecule has 0 bridgehead atoms. The Hall–Kier alpha value is -1.58. The van der Waals surface area contributed by atoms with Crippen molar-refractivity contribution in [1.29, 1.82) is 5.26 Å². The molecule has 0 aliphatic carbocycles. The second-order valence-corrected chi connectivity index (χ2v) is 4.80. The zero-order valence-electron chi connectivity index (χ0n) is 8.90. The Morgan fingerprint density at radius 1 is 1.53 bits per heavy atom. The minimum atomic E-state index is 0.563. The zero-order valence-corrected chi connectivity index (χ0v) is 11.3. The molecule has 0 fully saturated rings. The fourth-order valence-corrected chi connectivity index (χ4v) is 2.45. The van der Waals surface area contributed by atoms with Crippen LogP contribution >= 0.6 is 27.3 Å². The van der Waals surface area contributed by atoms with Crippen LogP contribution in [0.2, 0.25) is 0 Å². The highest BCUT2D eigenvalue weighted by Crippen LogP contribution is 2.30. The lowest BCUT2D eigenvalue weighted by atomic mass is 10.2. The summed E-state index contributed by atoms with van der Waals surface area (Å²) in [7, 11) is 1.57. The molecule has 0 aliphatic rings. The van der Waals surface area contributed by atoms with Gasteiger partial charge in [-0.1, -0.05) is 0 Å². The van der Waals surface area contributed by atoms with Gasteiger partial charge < -0.3 is 10.1 Å². The van der Waals surface area contributed by atoms with Crippen molar-refractivity contribution in [1.82, 2.24) is 4.98 Å². The summed E-state index contributed by atoms with van der Waals surface area (Å²) < 4.78 is 6.01. The highest BCUT2D eigenvalue weighted by Gasteiger charge is 2.06. The molecule has 0 unspecified atom stereocenters. The quantitative estimate of drug-likeness (QED) is 0.942. The Bertz CT molecular complexity index is 576. The highest BCUT2D eigenvalue weighted by molar-refractivity contribution is 9.10. The number of rotatable bonds is 3. The summed E-state index contributed by atoms with van der Waals surface area (Å²) in [6.07, 6.45) is 0. The number of nitrogens with zero attached hydrogens (tertiary/aromatic N) is 2. The van der Waals surface area contributed by atoms with Gasteiger partial charge in [-0.2, -0.15) is 5.26 Å². The molecule has 86 valence electrons. The first-order chi connectivity index (χ1) is 8.22. The molecule has 1 aromatic heterocycles. The van der Waals surface area contributed by atoms with E-state index in [9.17, 15) is 0 Å². The normalized spacial score (nSPS) is 9.71. The molecule has 1 aromatic carbocycles. The summed E-state index contributed by atoms with van der Waals surface area (Å²) >= 11 is 4.77. The van der Waals surface area contributed by atoms with Crippen molar-refractivity contribution in [3.63, 3.8) is 0 Å². The molecule has 0 aliphatic heterocycles. The minimum absolute atomic E-state index is 0.563. The van der Waals surface area contributed by atoms with Gasteiger partial charge in [-0.05, 0) is 28.1 Å². The SMILES string of the molecule is COc1cc(C#N)ccc1Nc1nc(Br)cs1. The third kappa shape index (κ3) is 2.75. The van der Waals surface area contributed by atoms with E-state index in [-0.39, 0.29) is 0 Å². The maximum Gasteiger partial charge on any atom is 0.188 e. The van der Waals surface area contributed by atoms with E-state index in [1.165, 1.54) is 11.3 Å². The number of methoxy groups -OCH3 is 1. The standard InChI is InChI=1S/C11H8BrN3OS/c1-16-9-4-7(5-13)2-3-8(9)14-11-15-10(12)6-17-11/h2-4,6H,1H3,(H,14,15). The van der Waals surface area contributed by atoms with Gasteiger partial charge in [0.05, 0.1) is 24.4 Å². The van der Waals surface area contributed by atoms with Gasteiger partial charge in [-0.15, -0.1) is 11.3 Å². The summed E-state index contributed by atoms with van der Waals surface area (Å²) in [6, 6.07) is 7.28. The Morgan fingerprint density at radius 3 is 2.94 bits per heavy atom. The molecular weight excluding hydrogens is 302 g/mol. The van der Waals surface area contributed by atoms with Crippen LogP contribution in [0.15, 0.2) is 28.2 Å². The number of nitrogens with one attached hydrogen (secondary N) is 1. The summed E-state index contributed by atoms with van der Waals surface area (Å²) in [4.78, 5) is 4.23. The summed E-state index contributed by atoms with van der Waals surface area (Å²) in [5.41, 5.74) is 1.35. The van der Waals surface area contributed by atoms with Crippen LogP contribution in [0.4, 0.5) is 10.8 Å². The molecule has 0 amide bonds. The van der Waals surface area contributed by atoms with Gasteiger partial charge in [0.2, 0.25) is 0 Å². The van der Waals surface area contributed by atoms with Crippen LogP contribution in [-0.2, 0) is 0 Å². The molecule has 0 atom stereocenters. The second-order valence-electron chi connectivity index (χ2n) is 3.13. The van der Waals surface area contributed by atoms with Crippen molar-refractivity contribution >= 4 is 38.1 Å². The van der Waals surface area contributed by atoms with E-state index in [2.05, 4.69) is 32.3 Å². The van der Waals surface area contributed by atoms with Crippen molar-refractivity contribution in [3.8, 4) is 11.8 Å². The van der Waals surface area contributed by atoms with E-state index >= 15 is 0 Å². The van der Waals surface area contributed by atoms with Gasteiger partial charge >= 0.3 is 0 Å². The Balaban J connectivity index is 2.30. The topological polar surface area (TPSA) is 57.9 Å².